The molecule has 0 aliphatic carbocycles. The summed E-state index contributed by atoms with van der Waals surface area (Å²) in [4.78, 5) is 16.1. The van der Waals surface area contributed by atoms with Crippen LogP contribution in [-0.4, -0.2) is 57.5 Å². The number of nitrogens with zero attached hydrogens (tertiary/aromatic N) is 1. The van der Waals surface area contributed by atoms with E-state index in [9.17, 15) is 13.2 Å². The first kappa shape index (κ1) is 18.7. The fourth-order valence-corrected chi connectivity index (χ4v) is 3.70. The largest absolute Gasteiger partial charge is 0.357 e. The molecule has 1 heterocycles. The molecule has 1 aliphatic heterocycles. The molecule has 0 saturated carbocycles. The summed E-state index contributed by atoms with van der Waals surface area (Å²) in [5.74, 6) is 0.960. The van der Waals surface area contributed by atoms with Crippen LogP contribution in [0.5, 0.6) is 0 Å². The molecular formula is C14H28N4O3S. The minimum absolute atomic E-state index is 0.0115. The zero-order valence-electron chi connectivity index (χ0n) is 13.9. The van der Waals surface area contributed by atoms with Crippen LogP contribution < -0.4 is 16.0 Å². The second-order valence-electron chi connectivity index (χ2n) is 6.51. The van der Waals surface area contributed by atoms with Crippen molar-refractivity contribution in [1.82, 2.24) is 16.0 Å². The van der Waals surface area contributed by atoms with Gasteiger partial charge < -0.3 is 16.0 Å². The quantitative estimate of drug-likeness (QED) is 0.371. The van der Waals surface area contributed by atoms with E-state index in [1.807, 2.05) is 27.7 Å². The minimum atomic E-state index is -2.91. The Labute approximate surface area is 133 Å². The van der Waals surface area contributed by atoms with Crippen molar-refractivity contribution in [2.45, 2.75) is 40.2 Å². The number of nitrogens with one attached hydrogen (secondary N) is 3. The number of hydrogen-bond donors (Lipinski definition) is 3. The summed E-state index contributed by atoms with van der Waals surface area (Å²) in [6.45, 7) is 9.11. The summed E-state index contributed by atoms with van der Waals surface area (Å²) in [5.41, 5.74) is -0.412. The molecule has 0 aromatic carbocycles. The summed E-state index contributed by atoms with van der Waals surface area (Å²) >= 11 is 0. The monoisotopic (exact) mass is 332 g/mol. The van der Waals surface area contributed by atoms with Crippen molar-refractivity contribution in [2.24, 2.45) is 10.4 Å². The first-order chi connectivity index (χ1) is 10.1. The Morgan fingerprint density at radius 2 is 1.95 bits per heavy atom. The highest BCUT2D eigenvalue weighted by atomic mass is 32.2. The predicted octanol–water partition coefficient (Wildman–Crippen LogP) is -0.109. The van der Waals surface area contributed by atoms with Gasteiger partial charge in [-0.1, -0.05) is 20.8 Å². The van der Waals surface area contributed by atoms with Gasteiger partial charge in [-0.15, -0.1) is 0 Å². The lowest BCUT2D eigenvalue weighted by Crippen LogP contribution is -2.44. The number of guanidine groups is 1. The Balaban J connectivity index is 2.44. The second-order valence-corrected chi connectivity index (χ2v) is 8.74. The maximum atomic E-state index is 11.7. The van der Waals surface area contributed by atoms with Gasteiger partial charge >= 0.3 is 0 Å². The van der Waals surface area contributed by atoms with Crippen LogP contribution in [0.1, 0.15) is 34.1 Å². The van der Waals surface area contributed by atoms with Crippen LogP contribution in [0.3, 0.4) is 0 Å². The molecule has 3 N–H and O–H groups in total. The fraction of sp³-hybridized carbons (Fsp3) is 0.857. The van der Waals surface area contributed by atoms with Gasteiger partial charge in [0.05, 0.1) is 18.1 Å². The topological polar surface area (TPSA) is 99.7 Å². The normalized spacial score (nSPS) is 21.5. The van der Waals surface area contributed by atoms with Gasteiger partial charge in [-0.25, -0.2) is 8.42 Å². The number of sulfone groups is 1. The number of carbonyl (C=O) groups excluding carboxylic acids is 1. The van der Waals surface area contributed by atoms with E-state index in [2.05, 4.69) is 20.9 Å². The van der Waals surface area contributed by atoms with Gasteiger partial charge in [0.15, 0.2) is 15.8 Å². The van der Waals surface area contributed by atoms with Crippen LogP contribution in [0.25, 0.3) is 0 Å². The van der Waals surface area contributed by atoms with Gasteiger partial charge in [-0.2, -0.15) is 0 Å². The van der Waals surface area contributed by atoms with Crippen molar-refractivity contribution in [3.8, 4) is 0 Å². The Morgan fingerprint density at radius 3 is 2.45 bits per heavy atom. The lowest BCUT2D eigenvalue weighted by molar-refractivity contribution is -0.128. The van der Waals surface area contributed by atoms with Crippen LogP contribution in [-0.2, 0) is 14.6 Å². The smallest absolute Gasteiger partial charge is 0.225 e. The molecule has 1 saturated heterocycles. The molecule has 22 heavy (non-hydrogen) atoms. The molecule has 0 aromatic rings. The molecule has 8 heteroatoms. The molecule has 1 amide bonds. The zero-order valence-corrected chi connectivity index (χ0v) is 14.7. The van der Waals surface area contributed by atoms with Gasteiger partial charge in [-0.05, 0) is 13.3 Å². The van der Waals surface area contributed by atoms with Crippen LogP contribution in [0, 0.1) is 5.41 Å². The molecular weight excluding hydrogens is 304 g/mol. The van der Waals surface area contributed by atoms with Gasteiger partial charge in [0, 0.05) is 24.5 Å². The van der Waals surface area contributed by atoms with Crippen LogP contribution in [0.15, 0.2) is 4.99 Å². The highest BCUT2D eigenvalue weighted by Crippen LogP contribution is 2.12. The minimum Gasteiger partial charge on any atom is -0.357 e. The molecule has 1 fully saturated rings. The van der Waals surface area contributed by atoms with Crippen LogP contribution >= 0.6 is 0 Å². The standard InChI is InChI=1S/C14H28N4O3S/c1-5-15-13(18-11-6-9-22(20,21)10-11)17-8-7-16-12(19)14(2,3)4/h11H,5-10H2,1-4H3,(H,16,19)(H2,15,17,18). The molecule has 0 spiro atoms. The van der Waals surface area contributed by atoms with Crippen molar-refractivity contribution in [2.75, 3.05) is 31.1 Å². The second kappa shape index (κ2) is 7.80. The maximum absolute atomic E-state index is 11.7. The van der Waals surface area contributed by atoms with Crippen molar-refractivity contribution in [3.63, 3.8) is 0 Å². The van der Waals surface area contributed by atoms with Crippen LogP contribution in [0.4, 0.5) is 0 Å². The number of rotatable bonds is 5. The van der Waals surface area contributed by atoms with Gasteiger partial charge in [0.25, 0.3) is 0 Å². The third-order valence-electron chi connectivity index (χ3n) is 3.27. The van der Waals surface area contributed by atoms with Crippen molar-refractivity contribution >= 4 is 21.7 Å². The fourth-order valence-electron chi connectivity index (χ4n) is 2.02. The molecule has 1 unspecified atom stereocenters. The summed E-state index contributed by atoms with van der Waals surface area (Å²) in [7, 11) is -2.91. The van der Waals surface area contributed by atoms with Gasteiger partial charge in [0.2, 0.25) is 5.91 Å². The number of amides is 1. The molecule has 7 nitrogen and oxygen atoms in total. The van der Waals surface area contributed by atoms with Gasteiger partial charge in [-0.3, -0.25) is 9.79 Å². The SMILES string of the molecule is CCNC(=NCCNC(=O)C(C)(C)C)NC1CCS(=O)(=O)C1. The Kier molecular flexibility index (Phi) is 6.65. The highest BCUT2D eigenvalue weighted by Gasteiger charge is 2.28. The molecule has 0 radical (unpaired) electrons. The maximum Gasteiger partial charge on any atom is 0.225 e. The predicted molar refractivity (Wildman–Crippen MR) is 88.6 cm³/mol. The van der Waals surface area contributed by atoms with Crippen molar-refractivity contribution < 1.29 is 13.2 Å². The van der Waals surface area contributed by atoms with E-state index >= 15 is 0 Å². The Hall–Kier alpha value is -1.31. The van der Waals surface area contributed by atoms with E-state index in [1.54, 1.807) is 0 Å². The van der Waals surface area contributed by atoms with E-state index in [-0.39, 0.29) is 23.5 Å². The average molecular weight is 332 g/mol. The lowest BCUT2D eigenvalue weighted by Gasteiger charge is -2.18. The van der Waals surface area contributed by atoms with Crippen molar-refractivity contribution in [1.29, 1.82) is 0 Å². The molecule has 128 valence electrons. The van der Waals surface area contributed by atoms with E-state index < -0.39 is 15.3 Å². The van der Waals surface area contributed by atoms with Gasteiger partial charge in [0.1, 0.15) is 0 Å². The van der Waals surface area contributed by atoms with Crippen LogP contribution in [0.2, 0.25) is 0 Å². The summed E-state index contributed by atoms with van der Waals surface area (Å²) in [5, 5.41) is 9.05. The average Bonchev–Trinajstić information content (AvgIpc) is 2.72. The highest BCUT2D eigenvalue weighted by molar-refractivity contribution is 7.91. The van der Waals surface area contributed by atoms with E-state index in [0.717, 1.165) is 0 Å². The molecule has 1 atom stereocenters. The number of carbonyl (C=O) groups is 1. The third kappa shape index (κ3) is 6.64. The first-order valence-electron chi connectivity index (χ1n) is 7.67. The summed E-state index contributed by atoms with van der Waals surface area (Å²) in [6, 6.07) is -0.0908. The molecule has 0 aromatic heterocycles. The Morgan fingerprint density at radius 1 is 1.27 bits per heavy atom. The summed E-state index contributed by atoms with van der Waals surface area (Å²) < 4.78 is 22.9. The van der Waals surface area contributed by atoms with E-state index in [0.29, 0.717) is 32.0 Å². The molecule has 1 aliphatic rings. The molecule has 1 rings (SSSR count). The summed E-state index contributed by atoms with van der Waals surface area (Å²) in [6.07, 6.45) is 0.605. The number of hydrogen-bond acceptors (Lipinski definition) is 4. The van der Waals surface area contributed by atoms with E-state index in [1.165, 1.54) is 0 Å². The molecule has 0 bridgehead atoms. The van der Waals surface area contributed by atoms with Crippen molar-refractivity contribution in [3.05, 3.63) is 0 Å². The first-order valence-corrected chi connectivity index (χ1v) is 9.50. The third-order valence-corrected chi connectivity index (χ3v) is 5.03. The lowest BCUT2D eigenvalue weighted by atomic mass is 9.96. The number of aliphatic imine (C=N–C) groups is 1. The Bertz CT molecular complexity index is 509. The van der Waals surface area contributed by atoms with E-state index in [4.69, 9.17) is 0 Å². The zero-order chi connectivity index (χ0) is 16.8.